The first-order valence-corrected chi connectivity index (χ1v) is 6.57. The summed E-state index contributed by atoms with van der Waals surface area (Å²) in [6, 6.07) is 4.67. The molecule has 100 valence electrons. The topological polar surface area (TPSA) is 18.5 Å². The summed E-state index contributed by atoms with van der Waals surface area (Å²) in [5, 5.41) is 0. The Balaban J connectivity index is 2.37. The van der Waals surface area contributed by atoms with Crippen molar-refractivity contribution < 1.29 is 13.9 Å². The Morgan fingerprint density at radius 1 is 1.50 bits per heavy atom. The highest BCUT2D eigenvalue weighted by atomic mass is 19.1. The van der Waals surface area contributed by atoms with Crippen molar-refractivity contribution >= 4 is 0 Å². The third-order valence-corrected chi connectivity index (χ3v) is 3.48. The van der Waals surface area contributed by atoms with Gasteiger partial charge in [-0.05, 0) is 45.4 Å². The molecule has 0 bridgehead atoms. The van der Waals surface area contributed by atoms with E-state index in [-0.39, 0.29) is 23.6 Å². The van der Waals surface area contributed by atoms with Gasteiger partial charge in [0, 0.05) is 12.0 Å². The lowest BCUT2D eigenvalue weighted by Gasteiger charge is -2.40. The van der Waals surface area contributed by atoms with Crippen LogP contribution in [0.15, 0.2) is 18.2 Å². The maximum atomic E-state index is 13.4. The van der Waals surface area contributed by atoms with E-state index in [9.17, 15) is 4.39 Å². The molecule has 18 heavy (non-hydrogen) atoms. The van der Waals surface area contributed by atoms with Crippen LogP contribution in [0.2, 0.25) is 0 Å². The smallest absolute Gasteiger partial charge is 0.126 e. The van der Waals surface area contributed by atoms with E-state index in [1.807, 2.05) is 13.8 Å². The summed E-state index contributed by atoms with van der Waals surface area (Å²) >= 11 is 0. The maximum absolute atomic E-state index is 13.4. The van der Waals surface area contributed by atoms with E-state index >= 15 is 0 Å². The molecule has 0 saturated heterocycles. The molecule has 0 aliphatic carbocycles. The molecule has 0 N–H and O–H groups in total. The highest BCUT2D eigenvalue weighted by Gasteiger charge is 2.37. The minimum absolute atomic E-state index is 0.0885. The predicted molar refractivity (Wildman–Crippen MR) is 69.3 cm³/mol. The Hall–Kier alpha value is -1.09. The molecule has 0 amide bonds. The van der Waals surface area contributed by atoms with Gasteiger partial charge in [0.2, 0.25) is 0 Å². The first-order chi connectivity index (χ1) is 8.43. The molecule has 0 spiro atoms. The Kier molecular flexibility index (Phi) is 3.62. The molecule has 3 heteroatoms. The monoisotopic (exact) mass is 252 g/mol. The Morgan fingerprint density at radius 2 is 2.22 bits per heavy atom. The maximum Gasteiger partial charge on any atom is 0.126 e. The number of hydrogen-bond acceptors (Lipinski definition) is 2. The van der Waals surface area contributed by atoms with Gasteiger partial charge >= 0.3 is 0 Å². The normalized spacial score (nSPS) is 26.9. The molecule has 2 unspecified atom stereocenters. The number of benzene rings is 1. The van der Waals surface area contributed by atoms with Crippen molar-refractivity contribution in [2.45, 2.75) is 58.3 Å². The summed E-state index contributed by atoms with van der Waals surface area (Å²) in [5.41, 5.74) is 0.597. The fourth-order valence-corrected chi connectivity index (χ4v) is 2.34. The lowest BCUT2D eigenvalue weighted by molar-refractivity contribution is -0.0638. The summed E-state index contributed by atoms with van der Waals surface area (Å²) in [6.45, 7) is 8.17. The van der Waals surface area contributed by atoms with Crippen LogP contribution in [0.4, 0.5) is 4.39 Å². The molecular formula is C15H21FO2. The van der Waals surface area contributed by atoms with Gasteiger partial charge in [-0.15, -0.1) is 0 Å². The second-order valence-corrected chi connectivity index (χ2v) is 5.47. The molecule has 1 heterocycles. The molecule has 0 radical (unpaired) electrons. The molecule has 2 atom stereocenters. The molecule has 2 nitrogen and oxygen atoms in total. The van der Waals surface area contributed by atoms with Crippen LogP contribution in [0.5, 0.6) is 5.75 Å². The van der Waals surface area contributed by atoms with Crippen LogP contribution in [0.3, 0.4) is 0 Å². The summed E-state index contributed by atoms with van der Waals surface area (Å²) in [5.74, 6) is 0.507. The quantitative estimate of drug-likeness (QED) is 0.801. The van der Waals surface area contributed by atoms with Crippen LogP contribution in [0.25, 0.3) is 0 Å². The second kappa shape index (κ2) is 4.88. The Morgan fingerprint density at radius 3 is 2.83 bits per heavy atom. The fourth-order valence-electron chi connectivity index (χ4n) is 2.34. The van der Waals surface area contributed by atoms with Gasteiger partial charge in [-0.1, -0.05) is 6.92 Å². The van der Waals surface area contributed by atoms with Crippen LogP contribution < -0.4 is 4.74 Å². The molecule has 0 saturated carbocycles. The molecule has 1 aromatic rings. The highest BCUT2D eigenvalue weighted by molar-refractivity contribution is 5.38. The third kappa shape index (κ3) is 2.66. The first-order valence-electron chi connectivity index (χ1n) is 6.57. The molecule has 1 aliphatic rings. The highest BCUT2D eigenvalue weighted by Crippen LogP contribution is 2.43. The van der Waals surface area contributed by atoms with E-state index in [0.29, 0.717) is 0 Å². The molecule has 0 fully saturated rings. The molecular weight excluding hydrogens is 231 g/mol. The zero-order chi connectivity index (χ0) is 13.3. The molecule has 1 aromatic carbocycles. The van der Waals surface area contributed by atoms with E-state index in [1.54, 1.807) is 6.07 Å². The molecule has 2 rings (SSSR count). The van der Waals surface area contributed by atoms with E-state index in [1.165, 1.54) is 12.1 Å². The van der Waals surface area contributed by atoms with Gasteiger partial charge < -0.3 is 9.47 Å². The Bertz CT molecular complexity index is 431. The number of hydrogen-bond donors (Lipinski definition) is 0. The third-order valence-electron chi connectivity index (χ3n) is 3.48. The van der Waals surface area contributed by atoms with Crippen molar-refractivity contribution in [3.05, 3.63) is 29.6 Å². The van der Waals surface area contributed by atoms with Crippen LogP contribution in [-0.2, 0) is 4.74 Å². The van der Waals surface area contributed by atoms with Gasteiger partial charge in [-0.3, -0.25) is 0 Å². The zero-order valence-electron chi connectivity index (χ0n) is 11.5. The summed E-state index contributed by atoms with van der Waals surface area (Å²) in [7, 11) is 0. The van der Waals surface area contributed by atoms with Crippen molar-refractivity contribution in [3.8, 4) is 5.75 Å². The summed E-state index contributed by atoms with van der Waals surface area (Å²) in [6.07, 6.45) is 1.69. The van der Waals surface area contributed by atoms with Gasteiger partial charge in [0.05, 0.1) is 12.2 Å². The van der Waals surface area contributed by atoms with E-state index < -0.39 is 0 Å². The minimum Gasteiger partial charge on any atom is -0.487 e. The van der Waals surface area contributed by atoms with Gasteiger partial charge in [0.1, 0.15) is 17.2 Å². The van der Waals surface area contributed by atoms with Gasteiger partial charge in [-0.2, -0.15) is 0 Å². The second-order valence-electron chi connectivity index (χ2n) is 5.47. The first kappa shape index (κ1) is 13.3. The van der Waals surface area contributed by atoms with E-state index in [0.717, 1.165) is 24.2 Å². The lowest BCUT2D eigenvalue weighted by atomic mass is 9.88. The Labute approximate surface area is 108 Å². The predicted octanol–water partition coefficient (Wildman–Crippen LogP) is 4.24. The zero-order valence-corrected chi connectivity index (χ0v) is 11.5. The van der Waals surface area contributed by atoms with Crippen LogP contribution in [-0.4, -0.2) is 11.7 Å². The summed E-state index contributed by atoms with van der Waals surface area (Å²) in [4.78, 5) is 0. The van der Waals surface area contributed by atoms with Crippen molar-refractivity contribution in [3.63, 3.8) is 0 Å². The average molecular weight is 252 g/mol. The van der Waals surface area contributed by atoms with Crippen LogP contribution >= 0.6 is 0 Å². The molecule has 1 aliphatic heterocycles. The van der Waals surface area contributed by atoms with Gasteiger partial charge in [0.25, 0.3) is 0 Å². The van der Waals surface area contributed by atoms with Gasteiger partial charge in [0.15, 0.2) is 0 Å². The summed E-state index contributed by atoms with van der Waals surface area (Å²) < 4.78 is 25.3. The van der Waals surface area contributed by atoms with E-state index in [2.05, 4.69) is 13.8 Å². The van der Waals surface area contributed by atoms with Crippen LogP contribution in [0, 0.1) is 5.82 Å². The fraction of sp³-hybridized carbons (Fsp3) is 0.600. The largest absolute Gasteiger partial charge is 0.487 e. The average Bonchev–Trinajstić information content (AvgIpc) is 2.29. The number of rotatable bonds is 3. The molecule has 0 aromatic heterocycles. The van der Waals surface area contributed by atoms with Crippen molar-refractivity contribution in [1.29, 1.82) is 0 Å². The van der Waals surface area contributed by atoms with Gasteiger partial charge in [-0.25, -0.2) is 4.39 Å². The van der Waals surface area contributed by atoms with E-state index in [4.69, 9.17) is 9.47 Å². The number of halogens is 1. The standard InChI is InChI=1S/C15H21FO2/c1-5-15(4)9-14(17-10(2)3)12-8-11(16)6-7-13(12)18-15/h6-8,10,14H,5,9H2,1-4H3. The minimum atomic E-state index is -0.241. The lowest BCUT2D eigenvalue weighted by Crippen LogP contribution is -2.38. The van der Waals surface area contributed by atoms with Crippen molar-refractivity contribution in [2.75, 3.05) is 0 Å². The van der Waals surface area contributed by atoms with Crippen molar-refractivity contribution in [2.24, 2.45) is 0 Å². The SMILES string of the molecule is CCC1(C)CC(OC(C)C)c2cc(F)ccc2O1. The van der Waals surface area contributed by atoms with Crippen LogP contribution in [0.1, 0.15) is 52.2 Å². The van der Waals surface area contributed by atoms with Crippen molar-refractivity contribution in [1.82, 2.24) is 0 Å². The number of ether oxygens (including phenoxy) is 2. The number of fused-ring (bicyclic) bond motifs is 1.